The van der Waals surface area contributed by atoms with Gasteiger partial charge >= 0.3 is 0 Å². The number of ether oxygens (including phenoxy) is 1. The second kappa shape index (κ2) is 7.19. The molecule has 20 heavy (non-hydrogen) atoms. The highest BCUT2D eigenvalue weighted by Gasteiger charge is 2.28. The van der Waals surface area contributed by atoms with Gasteiger partial charge in [-0.15, -0.1) is 0 Å². The number of thioether (sulfide) groups is 1. The minimum absolute atomic E-state index is 0.0449. The Balaban J connectivity index is 3.15. The largest absolute Gasteiger partial charge is 0.497 e. The molecule has 0 bridgehead atoms. The van der Waals surface area contributed by atoms with Gasteiger partial charge in [0.25, 0.3) is 0 Å². The third-order valence-corrected chi connectivity index (χ3v) is 5.92. The number of hydrogen-bond donors (Lipinski definition) is 1. The van der Waals surface area contributed by atoms with Gasteiger partial charge in [0, 0.05) is 24.9 Å². The van der Waals surface area contributed by atoms with Crippen molar-refractivity contribution < 1.29 is 13.2 Å². The molecule has 1 aromatic carbocycles. The van der Waals surface area contributed by atoms with E-state index in [9.17, 15) is 8.42 Å². The zero-order valence-corrected chi connectivity index (χ0v) is 13.9. The van der Waals surface area contributed by atoms with E-state index in [0.29, 0.717) is 5.75 Å². The SMILES string of the molecule is CCC(CSC)N(C)S(=O)(=O)c1ccc(OC)cc1N. The van der Waals surface area contributed by atoms with Gasteiger partial charge in [-0.2, -0.15) is 16.1 Å². The standard InChI is InChI=1S/C13H22N2O3S2/c1-5-10(9-19-4)15(2)20(16,17)13-7-6-11(18-3)8-12(13)14/h6-8,10H,5,9,14H2,1-4H3. The topological polar surface area (TPSA) is 72.6 Å². The Morgan fingerprint density at radius 2 is 2.10 bits per heavy atom. The van der Waals surface area contributed by atoms with Crippen LogP contribution in [-0.4, -0.2) is 44.9 Å². The maximum absolute atomic E-state index is 12.6. The zero-order valence-electron chi connectivity index (χ0n) is 12.3. The van der Waals surface area contributed by atoms with Gasteiger partial charge in [0.1, 0.15) is 10.6 Å². The van der Waals surface area contributed by atoms with Crippen molar-refractivity contribution in [3.05, 3.63) is 18.2 Å². The predicted octanol–water partition coefficient (Wildman–Crippen LogP) is 2.04. The Labute approximate surface area is 125 Å². The number of benzene rings is 1. The fourth-order valence-corrected chi connectivity index (χ4v) is 4.37. The molecule has 0 aliphatic carbocycles. The lowest BCUT2D eigenvalue weighted by atomic mass is 10.3. The summed E-state index contributed by atoms with van der Waals surface area (Å²) in [4.78, 5) is 0.125. The molecule has 0 fully saturated rings. The molecular formula is C13H22N2O3S2. The molecule has 0 radical (unpaired) electrons. The van der Waals surface area contributed by atoms with E-state index in [1.54, 1.807) is 24.9 Å². The Bertz CT molecular complexity index is 547. The quantitative estimate of drug-likeness (QED) is 0.779. The summed E-state index contributed by atoms with van der Waals surface area (Å²) in [5.74, 6) is 1.29. The van der Waals surface area contributed by atoms with Crippen LogP contribution >= 0.6 is 11.8 Å². The molecule has 0 saturated heterocycles. The number of nitrogen functional groups attached to an aromatic ring is 1. The molecule has 1 rings (SSSR count). The van der Waals surface area contributed by atoms with Crippen molar-refractivity contribution >= 4 is 27.5 Å². The van der Waals surface area contributed by atoms with E-state index < -0.39 is 10.0 Å². The maximum Gasteiger partial charge on any atom is 0.245 e. The Hall–Kier alpha value is -0.920. The van der Waals surface area contributed by atoms with Gasteiger partial charge in [0.05, 0.1) is 12.8 Å². The lowest BCUT2D eigenvalue weighted by molar-refractivity contribution is 0.385. The van der Waals surface area contributed by atoms with Crippen molar-refractivity contribution in [1.29, 1.82) is 0 Å². The first-order valence-corrected chi connectivity index (χ1v) is 9.12. The summed E-state index contributed by atoms with van der Waals surface area (Å²) in [6.07, 6.45) is 2.72. The van der Waals surface area contributed by atoms with Crippen LogP contribution in [0.4, 0.5) is 5.69 Å². The number of sulfonamides is 1. The number of nitrogens with zero attached hydrogens (tertiary/aromatic N) is 1. The molecule has 0 spiro atoms. The molecule has 0 amide bonds. The van der Waals surface area contributed by atoms with Crippen LogP contribution in [0.3, 0.4) is 0 Å². The van der Waals surface area contributed by atoms with Crippen LogP contribution in [0, 0.1) is 0 Å². The van der Waals surface area contributed by atoms with Gasteiger partial charge in [0.15, 0.2) is 0 Å². The number of nitrogens with two attached hydrogens (primary N) is 1. The monoisotopic (exact) mass is 318 g/mol. The summed E-state index contributed by atoms with van der Waals surface area (Å²) in [6, 6.07) is 4.57. The minimum Gasteiger partial charge on any atom is -0.497 e. The molecule has 114 valence electrons. The van der Waals surface area contributed by atoms with Crippen LogP contribution in [0.5, 0.6) is 5.75 Å². The molecule has 0 saturated carbocycles. The average Bonchev–Trinajstić information content (AvgIpc) is 2.43. The molecular weight excluding hydrogens is 296 g/mol. The molecule has 1 unspecified atom stereocenters. The summed E-state index contributed by atoms with van der Waals surface area (Å²) >= 11 is 1.63. The van der Waals surface area contributed by atoms with Crippen molar-refractivity contribution in [2.45, 2.75) is 24.3 Å². The molecule has 2 N–H and O–H groups in total. The lowest BCUT2D eigenvalue weighted by Gasteiger charge is -2.26. The molecule has 1 atom stereocenters. The second-order valence-electron chi connectivity index (χ2n) is 4.44. The maximum atomic E-state index is 12.6. The van der Waals surface area contributed by atoms with Crippen molar-refractivity contribution in [3.63, 3.8) is 0 Å². The normalized spacial score (nSPS) is 13.4. The van der Waals surface area contributed by atoms with Crippen LogP contribution in [-0.2, 0) is 10.0 Å². The van der Waals surface area contributed by atoms with Crippen LogP contribution in [0.25, 0.3) is 0 Å². The summed E-state index contributed by atoms with van der Waals surface area (Å²) in [7, 11) is -0.474. The van der Waals surface area contributed by atoms with Crippen LogP contribution in [0.1, 0.15) is 13.3 Å². The summed E-state index contributed by atoms with van der Waals surface area (Å²) in [5, 5.41) is 0. The molecule has 0 heterocycles. The molecule has 0 aromatic heterocycles. The second-order valence-corrected chi connectivity index (χ2v) is 7.32. The molecule has 1 aromatic rings. The van der Waals surface area contributed by atoms with E-state index in [0.717, 1.165) is 12.2 Å². The zero-order chi connectivity index (χ0) is 15.3. The smallest absolute Gasteiger partial charge is 0.245 e. The minimum atomic E-state index is -3.59. The highest BCUT2D eigenvalue weighted by atomic mass is 32.2. The van der Waals surface area contributed by atoms with Crippen molar-refractivity contribution in [2.75, 3.05) is 31.9 Å². The van der Waals surface area contributed by atoms with E-state index in [1.807, 2.05) is 13.2 Å². The van der Waals surface area contributed by atoms with Crippen molar-refractivity contribution in [2.24, 2.45) is 0 Å². The first-order chi connectivity index (χ1) is 9.38. The number of methoxy groups -OCH3 is 1. The molecule has 5 nitrogen and oxygen atoms in total. The van der Waals surface area contributed by atoms with Gasteiger partial charge in [-0.05, 0) is 24.8 Å². The third-order valence-electron chi connectivity index (χ3n) is 3.22. The van der Waals surface area contributed by atoms with Gasteiger partial charge in [-0.1, -0.05) is 6.92 Å². The highest BCUT2D eigenvalue weighted by molar-refractivity contribution is 7.98. The van der Waals surface area contributed by atoms with Gasteiger partial charge in [-0.3, -0.25) is 0 Å². The fraction of sp³-hybridized carbons (Fsp3) is 0.538. The average molecular weight is 318 g/mol. The Morgan fingerprint density at radius 3 is 2.55 bits per heavy atom. The summed E-state index contributed by atoms with van der Waals surface area (Å²) in [5.41, 5.74) is 6.05. The first kappa shape index (κ1) is 17.1. The van der Waals surface area contributed by atoms with Gasteiger partial charge in [0.2, 0.25) is 10.0 Å². The lowest BCUT2D eigenvalue weighted by Crippen LogP contribution is -2.38. The third kappa shape index (κ3) is 3.59. The molecule has 0 aliphatic heterocycles. The van der Waals surface area contributed by atoms with Gasteiger partial charge in [-0.25, -0.2) is 8.42 Å². The van der Waals surface area contributed by atoms with Crippen LogP contribution in [0.15, 0.2) is 23.1 Å². The van der Waals surface area contributed by atoms with Crippen molar-refractivity contribution in [3.8, 4) is 5.75 Å². The fourth-order valence-electron chi connectivity index (χ4n) is 1.91. The van der Waals surface area contributed by atoms with Crippen LogP contribution < -0.4 is 10.5 Å². The van der Waals surface area contributed by atoms with Crippen molar-refractivity contribution in [1.82, 2.24) is 4.31 Å². The Morgan fingerprint density at radius 1 is 1.45 bits per heavy atom. The predicted molar refractivity (Wildman–Crippen MR) is 84.8 cm³/mol. The summed E-state index contributed by atoms with van der Waals surface area (Å²) in [6.45, 7) is 1.98. The summed E-state index contributed by atoms with van der Waals surface area (Å²) < 4.78 is 31.7. The molecule has 0 aliphatic rings. The molecule has 7 heteroatoms. The van der Waals surface area contributed by atoms with Gasteiger partial charge < -0.3 is 10.5 Å². The van der Waals surface area contributed by atoms with E-state index in [4.69, 9.17) is 10.5 Å². The number of anilines is 1. The highest BCUT2D eigenvalue weighted by Crippen LogP contribution is 2.27. The Kier molecular flexibility index (Phi) is 6.16. The number of rotatable bonds is 7. The van der Waals surface area contributed by atoms with E-state index >= 15 is 0 Å². The number of hydrogen-bond acceptors (Lipinski definition) is 5. The van der Waals surface area contributed by atoms with E-state index in [2.05, 4.69) is 0 Å². The first-order valence-electron chi connectivity index (χ1n) is 6.29. The van der Waals surface area contributed by atoms with E-state index in [-0.39, 0.29) is 16.6 Å². The van der Waals surface area contributed by atoms with E-state index in [1.165, 1.54) is 23.5 Å². The van der Waals surface area contributed by atoms with Crippen LogP contribution in [0.2, 0.25) is 0 Å².